The van der Waals surface area contributed by atoms with E-state index in [1.807, 2.05) is 0 Å². The van der Waals surface area contributed by atoms with Crippen LogP contribution in [-0.2, 0) is 3.74 Å². The van der Waals surface area contributed by atoms with E-state index in [0.29, 0.717) is 4.35 Å². The van der Waals surface area contributed by atoms with Gasteiger partial charge in [-0.3, -0.25) is 0 Å². The molecule has 0 aromatic heterocycles. The average molecular weight is 229 g/mol. The van der Waals surface area contributed by atoms with E-state index in [1.165, 1.54) is 12.1 Å². The minimum absolute atomic E-state index is 0.385. The van der Waals surface area contributed by atoms with E-state index < -0.39 is 32.1 Å². The molecule has 1 N–H and O–H groups in total. The fourth-order valence-corrected chi connectivity index (χ4v) is 1.37. The average Bonchev–Trinajstić information content (AvgIpc) is 2.05. The van der Waals surface area contributed by atoms with Crippen LogP contribution in [0.4, 0.5) is 5.69 Å². The van der Waals surface area contributed by atoms with Gasteiger partial charge in [-0.15, -0.1) is 0 Å². The fraction of sp³-hybridized carbons (Fsp3) is 0. The van der Waals surface area contributed by atoms with Crippen LogP contribution in [0.2, 0.25) is 0 Å². The van der Waals surface area contributed by atoms with Crippen LogP contribution in [0.25, 0.3) is 0 Å². The Morgan fingerprint density at radius 1 is 1.50 bits per heavy atom. The zero-order valence-corrected chi connectivity index (χ0v) is 7.68. The Morgan fingerprint density at radius 3 is 2.67 bits per heavy atom. The zero-order chi connectivity index (χ0) is 9.14. The molecule has 0 aliphatic heterocycles. The van der Waals surface area contributed by atoms with E-state index in [-0.39, 0.29) is 0 Å². The quantitative estimate of drug-likeness (QED) is 0.438. The second-order valence-corrected chi connectivity index (χ2v) is 3.49. The van der Waals surface area contributed by atoms with Crippen molar-refractivity contribution in [1.82, 2.24) is 0 Å². The van der Waals surface area contributed by atoms with Gasteiger partial charge in [0.1, 0.15) is 0 Å². The van der Waals surface area contributed by atoms with Gasteiger partial charge in [0.05, 0.1) is 0 Å². The minimum atomic E-state index is -1.28. The number of nitrogens with zero attached hydrogens (tertiary/aromatic N) is 1. The molecule has 5 nitrogen and oxygen atoms in total. The van der Waals surface area contributed by atoms with Gasteiger partial charge in [0, 0.05) is 0 Å². The summed E-state index contributed by atoms with van der Waals surface area (Å²) in [5, 5.41) is 19.2. The molecule has 0 spiro atoms. The topological polar surface area (TPSA) is 80.4 Å². The third-order valence-corrected chi connectivity index (χ3v) is 2.29. The van der Waals surface area contributed by atoms with Crippen molar-refractivity contribution in [2.75, 3.05) is 0 Å². The van der Waals surface area contributed by atoms with Crippen LogP contribution >= 0.6 is 0 Å². The molecule has 0 saturated carbocycles. The molecular formula is C6H4AsNO4. The Balaban J connectivity index is 3.25. The fourth-order valence-electron chi connectivity index (χ4n) is 0.715. The number of hydrogen-bond donors (Lipinski definition) is 1. The van der Waals surface area contributed by atoms with Gasteiger partial charge < -0.3 is 0 Å². The summed E-state index contributed by atoms with van der Waals surface area (Å²) in [6.45, 7) is 0. The Bertz CT molecular complexity index is 338. The van der Waals surface area contributed by atoms with Crippen molar-refractivity contribution in [3.8, 4) is 5.75 Å². The second-order valence-electron chi connectivity index (χ2n) is 2.02. The monoisotopic (exact) mass is 229 g/mol. The molecule has 0 radical (unpaired) electrons. The Morgan fingerprint density at radius 2 is 2.17 bits per heavy atom. The van der Waals surface area contributed by atoms with E-state index in [4.69, 9.17) is 5.11 Å². The summed E-state index contributed by atoms with van der Waals surface area (Å²) in [6, 6.07) is 3.68. The molecule has 12 heavy (non-hydrogen) atoms. The predicted molar refractivity (Wildman–Crippen MR) is 40.8 cm³/mol. The summed E-state index contributed by atoms with van der Waals surface area (Å²) in [4.78, 5) is 9.53. The molecule has 0 heterocycles. The van der Waals surface area contributed by atoms with Crippen LogP contribution in [0, 0.1) is 10.1 Å². The first-order valence-corrected chi connectivity index (χ1v) is 4.66. The number of rotatable bonds is 2. The van der Waals surface area contributed by atoms with Crippen molar-refractivity contribution in [1.29, 1.82) is 0 Å². The number of nitro benzene ring substituents is 1. The molecule has 1 aromatic rings. The second kappa shape index (κ2) is 3.45. The van der Waals surface area contributed by atoms with Crippen LogP contribution in [0.3, 0.4) is 0 Å². The molecule has 0 aliphatic rings. The van der Waals surface area contributed by atoms with Crippen LogP contribution in [-0.4, -0.2) is 25.7 Å². The molecule has 0 amide bonds. The van der Waals surface area contributed by atoms with Crippen molar-refractivity contribution >= 4 is 25.7 Å². The first kappa shape index (κ1) is 8.87. The summed E-state index contributed by atoms with van der Waals surface area (Å²) >= 11 is -1.28. The van der Waals surface area contributed by atoms with Crippen LogP contribution in [0.5, 0.6) is 5.75 Å². The molecule has 0 unspecified atom stereocenters. The standard InChI is InChI=1S/C6H4AsNO4/c9-6-2-1-4(7-10)3-5(6)8(11)12/h1-3,9H. The van der Waals surface area contributed by atoms with Crippen molar-refractivity contribution in [3.05, 3.63) is 28.3 Å². The third-order valence-electron chi connectivity index (χ3n) is 1.26. The Labute approximate surface area is 74.1 Å². The third kappa shape index (κ3) is 1.68. The molecule has 62 valence electrons. The van der Waals surface area contributed by atoms with E-state index in [2.05, 4.69) is 0 Å². The summed E-state index contributed by atoms with van der Waals surface area (Å²) in [5.41, 5.74) is -0.404. The van der Waals surface area contributed by atoms with E-state index in [1.54, 1.807) is 0 Å². The van der Waals surface area contributed by atoms with Crippen LogP contribution in [0.15, 0.2) is 18.2 Å². The summed E-state index contributed by atoms with van der Waals surface area (Å²) in [7, 11) is 0. The summed E-state index contributed by atoms with van der Waals surface area (Å²) < 4.78 is 10.8. The van der Waals surface area contributed by atoms with Gasteiger partial charge in [-0.1, -0.05) is 0 Å². The van der Waals surface area contributed by atoms with Gasteiger partial charge in [-0.05, 0) is 0 Å². The summed E-state index contributed by atoms with van der Waals surface area (Å²) in [6.07, 6.45) is 0. The summed E-state index contributed by atoms with van der Waals surface area (Å²) in [5.74, 6) is -0.404. The van der Waals surface area contributed by atoms with Gasteiger partial charge in [0.2, 0.25) is 0 Å². The molecule has 0 atom stereocenters. The molecule has 0 aliphatic carbocycles. The number of benzene rings is 1. The van der Waals surface area contributed by atoms with Gasteiger partial charge in [-0.2, -0.15) is 0 Å². The zero-order valence-electron chi connectivity index (χ0n) is 5.80. The molecule has 0 fully saturated rings. The number of phenols is 1. The number of phenolic OH excluding ortho intramolecular Hbond substituents is 1. The van der Waals surface area contributed by atoms with Gasteiger partial charge >= 0.3 is 73.6 Å². The van der Waals surface area contributed by atoms with Gasteiger partial charge in [0.25, 0.3) is 0 Å². The molecular weight excluding hydrogens is 225 g/mol. The molecule has 1 aromatic carbocycles. The number of aromatic hydroxyl groups is 1. The number of hydrogen-bond acceptors (Lipinski definition) is 4. The SMILES string of the molecule is O=[As]c1ccc(O)c([N+](=O)[O-])c1. The first-order chi connectivity index (χ1) is 5.65. The Kier molecular flexibility index (Phi) is 2.55. The van der Waals surface area contributed by atoms with Crippen LogP contribution < -0.4 is 4.35 Å². The molecule has 6 heteroatoms. The predicted octanol–water partition coefficient (Wildman–Crippen LogP) is -0.0246. The van der Waals surface area contributed by atoms with Crippen molar-refractivity contribution < 1.29 is 13.8 Å². The van der Waals surface area contributed by atoms with Crippen LogP contribution in [0.1, 0.15) is 0 Å². The molecule has 0 bridgehead atoms. The maximum atomic E-state index is 10.4. The van der Waals surface area contributed by atoms with E-state index >= 15 is 0 Å². The van der Waals surface area contributed by atoms with Gasteiger partial charge in [-0.25, -0.2) is 0 Å². The molecule has 1 rings (SSSR count). The normalized spacial score (nSPS) is 10.0. The van der Waals surface area contributed by atoms with Crippen molar-refractivity contribution in [2.45, 2.75) is 0 Å². The first-order valence-electron chi connectivity index (χ1n) is 2.96. The van der Waals surface area contributed by atoms with Crippen molar-refractivity contribution in [2.24, 2.45) is 0 Å². The molecule has 0 saturated heterocycles. The van der Waals surface area contributed by atoms with E-state index in [9.17, 15) is 13.9 Å². The Hall–Kier alpha value is -1.22. The number of nitro groups is 1. The van der Waals surface area contributed by atoms with Crippen molar-refractivity contribution in [3.63, 3.8) is 0 Å². The maximum absolute atomic E-state index is 10.4. The van der Waals surface area contributed by atoms with Gasteiger partial charge in [0.15, 0.2) is 0 Å². The van der Waals surface area contributed by atoms with E-state index in [0.717, 1.165) is 6.07 Å².